The molecular weight excluding hydrogens is 464 g/mol. The zero-order chi connectivity index (χ0) is 24.8. The summed E-state index contributed by atoms with van der Waals surface area (Å²) in [6.07, 6.45) is 7.00. The van der Waals surface area contributed by atoms with E-state index in [-0.39, 0.29) is 28.5 Å². The minimum absolute atomic E-state index is 0.118. The summed E-state index contributed by atoms with van der Waals surface area (Å²) in [5.41, 5.74) is 2.37. The summed E-state index contributed by atoms with van der Waals surface area (Å²) in [5, 5.41) is 3.20. The molecule has 0 atom stereocenters. The molecule has 2 aromatic rings. The van der Waals surface area contributed by atoms with Crippen LogP contribution in [0.2, 0.25) is 0 Å². The highest BCUT2D eigenvalue weighted by molar-refractivity contribution is 7.92. The highest BCUT2D eigenvalue weighted by Gasteiger charge is 2.51. The van der Waals surface area contributed by atoms with Gasteiger partial charge in [-0.1, -0.05) is 6.07 Å². The van der Waals surface area contributed by atoms with E-state index in [9.17, 15) is 18.0 Å². The molecule has 2 N–H and O–H groups in total. The lowest BCUT2D eigenvalue weighted by Crippen LogP contribution is -2.60. The molecule has 0 unspecified atom stereocenters. The SMILES string of the molecule is Cc1ccc(S(=O)(=O)Nc2ccc(C(=O)OCC(=O)NC34CC5CC(CC(C5)C3)C4)cc2)cc1C. The van der Waals surface area contributed by atoms with E-state index in [1.165, 1.54) is 43.5 Å². The molecule has 4 aliphatic rings. The van der Waals surface area contributed by atoms with E-state index in [1.54, 1.807) is 18.2 Å². The number of hydrogen-bond donors (Lipinski definition) is 2. The summed E-state index contributed by atoms with van der Waals surface area (Å²) in [7, 11) is -3.75. The first-order chi connectivity index (χ1) is 16.6. The molecule has 1 amide bonds. The van der Waals surface area contributed by atoms with Crippen LogP contribution >= 0.6 is 0 Å². The number of hydrogen-bond acceptors (Lipinski definition) is 5. The number of anilines is 1. The normalized spacial score (nSPS) is 26.9. The van der Waals surface area contributed by atoms with Crippen molar-refractivity contribution < 1.29 is 22.7 Å². The summed E-state index contributed by atoms with van der Waals surface area (Å²) in [4.78, 5) is 25.2. The van der Waals surface area contributed by atoms with Crippen molar-refractivity contribution >= 4 is 27.6 Å². The molecule has 0 heterocycles. The number of carbonyl (C=O) groups is 2. The van der Waals surface area contributed by atoms with Gasteiger partial charge in [0.15, 0.2) is 6.61 Å². The van der Waals surface area contributed by atoms with Crippen LogP contribution in [0.4, 0.5) is 5.69 Å². The Morgan fingerprint density at radius 1 is 0.914 bits per heavy atom. The van der Waals surface area contributed by atoms with Gasteiger partial charge in [-0.25, -0.2) is 13.2 Å². The predicted molar refractivity (Wildman–Crippen MR) is 132 cm³/mol. The molecule has 0 spiro atoms. The molecule has 4 fully saturated rings. The van der Waals surface area contributed by atoms with Gasteiger partial charge in [0.1, 0.15) is 0 Å². The number of ether oxygens (including phenoxy) is 1. The molecule has 0 aromatic heterocycles. The lowest BCUT2D eigenvalue weighted by atomic mass is 9.53. The summed E-state index contributed by atoms with van der Waals surface area (Å²) < 4.78 is 33.1. The quantitative estimate of drug-likeness (QED) is 0.555. The standard InChI is InChI=1S/C27H32N2O5S/c1-17-3-8-24(9-18(17)2)35(32,33)29-23-6-4-22(5-7-23)26(31)34-16-25(30)28-27-13-19-10-20(14-27)12-21(11-19)15-27/h3-9,19-21,29H,10-16H2,1-2H3,(H,28,30). The number of esters is 1. The number of sulfonamides is 1. The molecule has 2 aromatic carbocycles. The Bertz CT molecular complexity index is 1220. The molecule has 4 aliphatic carbocycles. The van der Waals surface area contributed by atoms with E-state index >= 15 is 0 Å². The molecule has 6 rings (SSSR count). The number of aryl methyl sites for hydroxylation is 2. The smallest absolute Gasteiger partial charge is 0.338 e. The highest BCUT2D eigenvalue weighted by Crippen LogP contribution is 2.55. The van der Waals surface area contributed by atoms with E-state index in [1.807, 2.05) is 13.8 Å². The first kappa shape index (κ1) is 23.9. The van der Waals surface area contributed by atoms with Crippen molar-refractivity contribution in [3.63, 3.8) is 0 Å². The fourth-order valence-corrected chi connectivity index (χ4v) is 7.72. The van der Waals surface area contributed by atoms with Crippen LogP contribution in [0.3, 0.4) is 0 Å². The highest BCUT2D eigenvalue weighted by atomic mass is 32.2. The molecule has 186 valence electrons. The Labute approximate surface area is 206 Å². The Balaban J connectivity index is 1.15. The van der Waals surface area contributed by atoms with Gasteiger partial charge in [-0.05, 0) is 118 Å². The number of benzene rings is 2. The Kier molecular flexibility index (Phi) is 6.11. The Morgan fingerprint density at radius 2 is 1.51 bits per heavy atom. The van der Waals surface area contributed by atoms with Crippen molar-refractivity contribution in [2.24, 2.45) is 17.8 Å². The van der Waals surface area contributed by atoms with E-state index in [2.05, 4.69) is 10.0 Å². The van der Waals surface area contributed by atoms with Crippen LogP contribution in [0.25, 0.3) is 0 Å². The molecule has 8 heteroatoms. The van der Waals surface area contributed by atoms with Crippen molar-refractivity contribution in [3.05, 3.63) is 59.2 Å². The summed E-state index contributed by atoms with van der Waals surface area (Å²) >= 11 is 0. The minimum atomic E-state index is -3.75. The van der Waals surface area contributed by atoms with Crippen LogP contribution in [0.15, 0.2) is 47.4 Å². The van der Waals surface area contributed by atoms with Crippen molar-refractivity contribution in [2.45, 2.75) is 62.8 Å². The van der Waals surface area contributed by atoms with Crippen molar-refractivity contribution in [3.8, 4) is 0 Å². The van der Waals surface area contributed by atoms with Crippen molar-refractivity contribution in [1.29, 1.82) is 0 Å². The first-order valence-corrected chi connectivity index (χ1v) is 13.8. The second-order valence-electron chi connectivity index (χ2n) is 10.8. The Morgan fingerprint density at radius 3 is 2.09 bits per heavy atom. The largest absolute Gasteiger partial charge is 0.452 e. The van der Waals surface area contributed by atoms with E-state index in [0.717, 1.165) is 48.1 Å². The van der Waals surface area contributed by atoms with Crippen LogP contribution in [0.5, 0.6) is 0 Å². The fourth-order valence-electron chi connectivity index (χ4n) is 6.58. The molecular formula is C27H32N2O5S. The zero-order valence-corrected chi connectivity index (χ0v) is 21.0. The third-order valence-electron chi connectivity index (χ3n) is 7.94. The minimum Gasteiger partial charge on any atom is -0.452 e. The predicted octanol–water partition coefficient (Wildman–Crippen LogP) is 4.35. The first-order valence-electron chi connectivity index (χ1n) is 12.3. The van der Waals surface area contributed by atoms with Gasteiger partial charge in [0, 0.05) is 11.2 Å². The molecule has 0 aliphatic heterocycles. The van der Waals surface area contributed by atoms with Crippen LogP contribution in [-0.4, -0.2) is 32.4 Å². The topological polar surface area (TPSA) is 102 Å². The Hall–Kier alpha value is -2.87. The maximum atomic E-state index is 12.7. The number of amides is 1. The second kappa shape index (κ2) is 8.97. The monoisotopic (exact) mass is 496 g/mol. The molecule has 0 radical (unpaired) electrons. The van der Waals surface area contributed by atoms with Gasteiger partial charge >= 0.3 is 5.97 Å². The van der Waals surface area contributed by atoms with Crippen LogP contribution < -0.4 is 10.0 Å². The van der Waals surface area contributed by atoms with Crippen molar-refractivity contribution in [2.75, 3.05) is 11.3 Å². The van der Waals surface area contributed by atoms with Crippen LogP contribution in [-0.2, 0) is 19.6 Å². The molecule has 4 bridgehead atoms. The lowest BCUT2D eigenvalue weighted by Gasteiger charge is -2.56. The zero-order valence-electron chi connectivity index (χ0n) is 20.2. The van der Waals surface area contributed by atoms with E-state index in [0.29, 0.717) is 5.69 Å². The molecule has 35 heavy (non-hydrogen) atoms. The van der Waals surface area contributed by atoms with E-state index < -0.39 is 16.0 Å². The number of rotatable bonds is 7. The average Bonchev–Trinajstić information content (AvgIpc) is 2.78. The van der Waals surface area contributed by atoms with Crippen molar-refractivity contribution in [1.82, 2.24) is 5.32 Å². The summed E-state index contributed by atoms with van der Waals surface area (Å²) in [5.74, 6) is 1.28. The van der Waals surface area contributed by atoms with Crippen LogP contribution in [0, 0.1) is 31.6 Å². The van der Waals surface area contributed by atoms with Gasteiger partial charge in [0.05, 0.1) is 10.5 Å². The fraction of sp³-hybridized carbons (Fsp3) is 0.481. The lowest BCUT2D eigenvalue weighted by molar-refractivity contribution is -0.130. The van der Waals surface area contributed by atoms with Gasteiger partial charge < -0.3 is 10.1 Å². The van der Waals surface area contributed by atoms with E-state index in [4.69, 9.17) is 4.74 Å². The van der Waals surface area contributed by atoms with Crippen LogP contribution in [0.1, 0.15) is 60.0 Å². The molecule has 0 saturated heterocycles. The van der Waals surface area contributed by atoms with Gasteiger partial charge in [0.25, 0.3) is 15.9 Å². The number of carbonyl (C=O) groups excluding carboxylic acids is 2. The molecule has 4 saturated carbocycles. The number of nitrogens with one attached hydrogen (secondary N) is 2. The maximum absolute atomic E-state index is 12.7. The summed E-state index contributed by atoms with van der Waals surface area (Å²) in [6, 6.07) is 10.9. The van der Waals surface area contributed by atoms with Gasteiger partial charge in [0.2, 0.25) is 0 Å². The van der Waals surface area contributed by atoms with Gasteiger partial charge in [-0.2, -0.15) is 0 Å². The third kappa shape index (κ3) is 5.08. The summed E-state index contributed by atoms with van der Waals surface area (Å²) in [6.45, 7) is 3.46. The second-order valence-corrected chi connectivity index (χ2v) is 12.4. The maximum Gasteiger partial charge on any atom is 0.338 e. The average molecular weight is 497 g/mol. The van der Waals surface area contributed by atoms with Gasteiger partial charge in [-0.3, -0.25) is 9.52 Å². The van der Waals surface area contributed by atoms with Gasteiger partial charge in [-0.15, -0.1) is 0 Å². The molecule has 7 nitrogen and oxygen atoms in total. The third-order valence-corrected chi connectivity index (χ3v) is 9.32.